The van der Waals surface area contributed by atoms with Gasteiger partial charge in [0.2, 0.25) is 6.29 Å². The van der Waals surface area contributed by atoms with Gasteiger partial charge < -0.3 is 9.47 Å². The van der Waals surface area contributed by atoms with Gasteiger partial charge in [-0.1, -0.05) is 39.3 Å². The van der Waals surface area contributed by atoms with Crippen LogP contribution in [0.4, 0.5) is 0 Å². The molecule has 0 N–H and O–H groups in total. The fraction of sp³-hybridized carbons (Fsp3) is 0.538. The van der Waals surface area contributed by atoms with Gasteiger partial charge in [0.15, 0.2) is 0 Å². The molecule has 17 heavy (non-hydrogen) atoms. The van der Waals surface area contributed by atoms with Crippen molar-refractivity contribution in [2.45, 2.75) is 45.3 Å². The van der Waals surface area contributed by atoms with Crippen molar-refractivity contribution >= 4 is 11.9 Å². The second kappa shape index (κ2) is 9.63. The van der Waals surface area contributed by atoms with E-state index in [0.717, 1.165) is 37.8 Å². The topological polar surface area (TPSA) is 52.6 Å². The van der Waals surface area contributed by atoms with Gasteiger partial charge in [0.1, 0.15) is 0 Å². The van der Waals surface area contributed by atoms with Crippen LogP contribution in [0.15, 0.2) is 25.3 Å². The van der Waals surface area contributed by atoms with Gasteiger partial charge >= 0.3 is 11.9 Å². The predicted molar refractivity (Wildman–Crippen MR) is 65.1 cm³/mol. The molecule has 4 heteroatoms. The summed E-state index contributed by atoms with van der Waals surface area (Å²) in [5.41, 5.74) is 0. The molecular weight excluding hydrogens is 220 g/mol. The van der Waals surface area contributed by atoms with Gasteiger partial charge in [0.25, 0.3) is 0 Å². The summed E-state index contributed by atoms with van der Waals surface area (Å²) >= 11 is 0. The van der Waals surface area contributed by atoms with Gasteiger partial charge in [-0.3, -0.25) is 0 Å². The highest BCUT2D eigenvalue weighted by Gasteiger charge is 2.15. The van der Waals surface area contributed by atoms with Crippen LogP contribution in [0.1, 0.15) is 39.0 Å². The van der Waals surface area contributed by atoms with Crippen molar-refractivity contribution in [2.75, 3.05) is 0 Å². The van der Waals surface area contributed by atoms with E-state index in [0.29, 0.717) is 6.42 Å². The van der Waals surface area contributed by atoms with E-state index in [1.807, 2.05) is 0 Å². The Labute approximate surface area is 102 Å². The fourth-order valence-electron chi connectivity index (χ4n) is 1.24. The summed E-state index contributed by atoms with van der Waals surface area (Å²) in [5.74, 6) is -1.19. The molecule has 0 rings (SSSR count). The molecule has 0 fully saturated rings. The van der Waals surface area contributed by atoms with Crippen LogP contribution in [-0.4, -0.2) is 18.2 Å². The molecule has 0 saturated heterocycles. The number of esters is 2. The number of carbonyl (C=O) groups excluding carboxylic acids is 2. The van der Waals surface area contributed by atoms with Crippen LogP contribution in [0.3, 0.4) is 0 Å². The largest absolute Gasteiger partial charge is 0.422 e. The minimum atomic E-state index is -0.845. The average molecular weight is 240 g/mol. The maximum atomic E-state index is 11.0. The number of rotatable bonds is 9. The number of hydrogen-bond acceptors (Lipinski definition) is 4. The first-order chi connectivity index (χ1) is 8.13. The van der Waals surface area contributed by atoms with Crippen LogP contribution < -0.4 is 0 Å². The summed E-state index contributed by atoms with van der Waals surface area (Å²) in [6.45, 7) is 8.68. The second-order valence-electron chi connectivity index (χ2n) is 3.56. The van der Waals surface area contributed by atoms with Gasteiger partial charge in [-0.15, -0.1) is 0 Å². The summed E-state index contributed by atoms with van der Waals surface area (Å²) in [7, 11) is 0. The SMILES string of the molecule is C=CC(=O)OC(CCCCCC)OC(=O)C=C. The molecule has 0 aromatic rings. The molecule has 0 aliphatic carbocycles. The molecule has 0 amide bonds. The van der Waals surface area contributed by atoms with Crippen LogP contribution in [0.25, 0.3) is 0 Å². The van der Waals surface area contributed by atoms with E-state index in [1.54, 1.807) is 0 Å². The molecule has 0 atom stereocenters. The first-order valence-corrected chi connectivity index (χ1v) is 5.80. The van der Waals surface area contributed by atoms with E-state index >= 15 is 0 Å². The summed E-state index contributed by atoms with van der Waals surface area (Å²) in [4.78, 5) is 22.0. The molecule has 0 aliphatic rings. The Balaban J connectivity index is 4.09. The molecule has 0 heterocycles. The lowest BCUT2D eigenvalue weighted by atomic mass is 10.1. The van der Waals surface area contributed by atoms with E-state index in [-0.39, 0.29) is 0 Å². The first-order valence-electron chi connectivity index (χ1n) is 5.80. The Morgan fingerprint density at radius 3 is 2.00 bits per heavy atom. The lowest BCUT2D eigenvalue weighted by Crippen LogP contribution is -2.23. The Kier molecular flexibility index (Phi) is 8.74. The van der Waals surface area contributed by atoms with Crippen LogP contribution in [0, 0.1) is 0 Å². The Bertz CT molecular complexity index is 249. The van der Waals surface area contributed by atoms with Gasteiger partial charge in [0, 0.05) is 18.6 Å². The molecule has 0 aromatic heterocycles. The van der Waals surface area contributed by atoms with E-state index in [1.165, 1.54) is 0 Å². The normalized spacial score (nSPS) is 9.76. The fourth-order valence-corrected chi connectivity index (χ4v) is 1.24. The zero-order chi connectivity index (χ0) is 13.1. The van der Waals surface area contributed by atoms with E-state index in [2.05, 4.69) is 20.1 Å². The van der Waals surface area contributed by atoms with Gasteiger partial charge in [-0.05, 0) is 6.42 Å². The van der Waals surface area contributed by atoms with E-state index < -0.39 is 18.2 Å². The molecule has 0 bridgehead atoms. The summed E-state index contributed by atoms with van der Waals surface area (Å²) in [6, 6.07) is 0. The minimum absolute atomic E-state index is 0.499. The maximum Gasteiger partial charge on any atom is 0.333 e. The smallest absolute Gasteiger partial charge is 0.333 e. The third-order valence-electron chi connectivity index (χ3n) is 2.12. The Morgan fingerprint density at radius 2 is 1.59 bits per heavy atom. The van der Waals surface area contributed by atoms with Crippen molar-refractivity contribution in [3.05, 3.63) is 25.3 Å². The number of carbonyl (C=O) groups is 2. The molecule has 0 unspecified atom stereocenters. The summed E-state index contributed by atoms with van der Waals surface area (Å²) in [5, 5.41) is 0. The maximum absolute atomic E-state index is 11.0. The number of unbranched alkanes of at least 4 members (excludes halogenated alkanes) is 3. The Hall–Kier alpha value is -1.58. The molecular formula is C13H20O4. The molecule has 0 aromatic carbocycles. The van der Waals surface area contributed by atoms with Crippen molar-refractivity contribution in [1.29, 1.82) is 0 Å². The first kappa shape index (κ1) is 15.4. The zero-order valence-corrected chi connectivity index (χ0v) is 10.3. The lowest BCUT2D eigenvalue weighted by molar-refractivity contribution is -0.182. The minimum Gasteiger partial charge on any atom is -0.422 e. The number of ether oxygens (including phenoxy) is 2. The van der Waals surface area contributed by atoms with Crippen molar-refractivity contribution in [2.24, 2.45) is 0 Å². The number of hydrogen-bond donors (Lipinski definition) is 0. The predicted octanol–water partition coefficient (Wildman–Crippen LogP) is 2.74. The van der Waals surface area contributed by atoms with Crippen molar-refractivity contribution in [1.82, 2.24) is 0 Å². The molecule has 0 saturated carbocycles. The monoisotopic (exact) mass is 240 g/mol. The highest BCUT2D eigenvalue weighted by molar-refractivity contribution is 5.82. The molecule has 96 valence electrons. The second-order valence-corrected chi connectivity index (χ2v) is 3.56. The molecule has 0 spiro atoms. The van der Waals surface area contributed by atoms with Crippen molar-refractivity contribution in [3.8, 4) is 0 Å². The average Bonchev–Trinajstić information content (AvgIpc) is 2.33. The Morgan fingerprint density at radius 1 is 1.06 bits per heavy atom. The molecule has 0 aliphatic heterocycles. The molecule has 4 nitrogen and oxygen atoms in total. The highest BCUT2D eigenvalue weighted by atomic mass is 16.7. The van der Waals surface area contributed by atoms with Crippen LogP contribution in [0.5, 0.6) is 0 Å². The third kappa shape index (κ3) is 8.25. The van der Waals surface area contributed by atoms with Crippen molar-refractivity contribution in [3.63, 3.8) is 0 Å². The van der Waals surface area contributed by atoms with Gasteiger partial charge in [-0.25, -0.2) is 9.59 Å². The molecule has 0 radical (unpaired) electrons. The third-order valence-corrected chi connectivity index (χ3v) is 2.12. The van der Waals surface area contributed by atoms with E-state index in [9.17, 15) is 9.59 Å². The quantitative estimate of drug-likeness (QED) is 0.269. The van der Waals surface area contributed by atoms with Gasteiger partial charge in [0.05, 0.1) is 0 Å². The lowest BCUT2D eigenvalue weighted by Gasteiger charge is -2.16. The standard InChI is InChI=1S/C13H20O4/c1-4-7-8-9-10-13(16-11(14)5-2)17-12(15)6-3/h5-6,13H,2-4,7-10H2,1H3. The van der Waals surface area contributed by atoms with Crippen molar-refractivity contribution < 1.29 is 19.1 Å². The van der Waals surface area contributed by atoms with Crippen LogP contribution in [-0.2, 0) is 19.1 Å². The van der Waals surface area contributed by atoms with Gasteiger partial charge in [-0.2, -0.15) is 0 Å². The highest BCUT2D eigenvalue weighted by Crippen LogP contribution is 2.10. The van der Waals surface area contributed by atoms with Crippen LogP contribution in [0.2, 0.25) is 0 Å². The van der Waals surface area contributed by atoms with E-state index in [4.69, 9.17) is 9.47 Å². The summed E-state index contributed by atoms with van der Waals surface area (Å²) < 4.78 is 9.81. The van der Waals surface area contributed by atoms with Crippen LogP contribution >= 0.6 is 0 Å². The zero-order valence-electron chi connectivity index (χ0n) is 10.3. The summed E-state index contributed by atoms with van der Waals surface area (Å²) in [6.07, 6.45) is 5.82.